The number of hydrogen-bond donors (Lipinski definition) is 1. The van der Waals surface area contributed by atoms with Crippen LogP contribution in [0.25, 0.3) is 0 Å². The topological polar surface area (TPSA) is 80.7 Å². The van der Waals surface area contributed by atoms with Gasteiger partial charge in [-0.25, -0.2) is 4.79 Å². The highest BCUT2D eigenvalue weighted by Crippen LogP contribution is 1.99. The fourth-order valence-corrected chi connectivity index (χ4v) is 1.06. The van der Waals surface area contributed by atoms with E-state index in [1.165, 1.54) is 13.0 Å². The SMILES string of the molecule is C=CCOC(=O)C(C)=CS(=O)(=O)O. The highest BCUT2D eigenvalue weighted by Gasteiger charge is 2.08. The van der Waals surface area contributed by atoms with E-state index in [0.29, 0.717) is 5.41 Å². The molecule has 13 heavy (non-hydrogen) atoms. The summed E-state index contributed by atoms with van der Waals surface area (Å²) < 4.78 is 33.4. The summed E-state index contributed by atoms with van der Waals surface area (Å²) >= 11 is 0. The molecular weight excluding hydrogens is 196 g/mol. The summed E-state index contributed by atoms with van der Waals surface area (Å²) in [7, 11) is -4.28. The fourth-order valence-electron chi connectivity index (χ4n) is 0.520. The first-order chi connectivity index (χ1) is 5.87. The lowest BCUT2D eigenvalue weighted by Gasteiger charge is -1.99. The summed E-state index contributed by atoms with van der Waals surface area (Å²) in [6.07, 6.45) is 1.35. The lowest BCUT2D eigenvalue weighted by molar-refractivity contribution is -0.137. The molecule has 5 nitrogen and oxygen atoms in total. The Hall–Kier alpha value is -1.14. The van der Waals surface area contributed by atoms with E-state index in [9.17, 15) is 13.2 Å². The zero-order chi connectivity index (χ0) is 10.5. The van der Waals surface area contributed by atoms with Gasteiger partial charge in [0, 0.05) is 5.57 Å². The molecule has 0 saturated carbocycles. The number of carbonyl (C=O) groups excluding carboxylic acids is 1. The highest BCUT2D eigenvalue weighted by molar-refractivity contribution is 7.88. The minimum Gasteiger partial charge on any atom is -0.458 e. The summed E-state index contributed by atoms with van der Waals surface area (Å²) in [5, 5.41) is 0.429. The lowest BCUT2D eigenvalue weighted by atomic mass is 10.4. The van der Waals surface area contributed by atoms with E-state index in [1.54, 1.807) is 0 Å². The van der Waals surface area contributed by atoms with Gasteiger partial charge in [-0.05, 0) is 6.92 Å². The van der Waals surface area contributed by atoms with Gasteiger partial charge >= 0.3 is 5.97 Å². The van der Waals surface area contributed by atoms with Crippen LogP contribution in [-0.2, 0) is 19.6 Å². The number of hydrogen-bond acceptors (Lipinski definition) is 4. The third kappa shape index (κ3) is 6.06. The monoisotopic (exact) mass is 206 g/mol. The van der Waals surface area contributed by atoms with E-state index >= 15 is 0 Å². The van der Waals surface area contributed by atoms with Gasteiger partial charge < -0.3 is 4.74 Å². The molecule has 6 heteroatoms. The van der Waals surface area contributed by atoms with Crippen molar-refractivity contribution in [1.29, 1.82) is 0 Å². The van der Waals surface area contributed by atoms with Gasteiger partial charge in [-0.1, -0.05) is 12.7 Å². The van der Waals surface area contributed by atoms with Crippen LogP contribution in [0.4, 0.5) is 0 Å². The second kappa shape index (κ2) is 4.78. The summed E-state index contributed by atoms with van der Waals surface area (Å²) in [5.74, 6) is -0.808. The predicted octanol–water partition coefficient (Wildman–Crippen LogP) is 0.507. The van der Waals surface area contributed by atoms with Gasteiger partial charge in [-0.15, -0.1) is 0 Å². The zero-order valence-electron chi connectivity index (χ0n) is 7.06. The first kappa shape index (κ1) is 11.9. The Morgan fingerprint density at radius 2 is 2.15 bits per heavy atom. The Balaban J connectivity index is 4.43. The van der Waals surface area contributed by atoms with Crippen molar-refractivity contribution in [2.45, 2.75) is 6.92 Å². The summed E-state index contributed by atoms with van der Waals surface area (Å²) in [4.78, 5) is 10.9. The van der Waals surface area contributed by atoms with Crippen LogP contribution >= 0.6 is 0 Å². The molecule has 0 aliphatic rings. The van der Waals surface area contributed by atoms with Crippen molar-refractivity contribution in [2.75, 3.05) is 6.61 Å². The molecule has 74 valence electrons. The largest absolute Gasteiger partial charge is 0.458 e. The third-order valence-electron chi connectivity index (χ3n) is 0.980. The van der Waals surface area contributed by atoms with E-state index in [2.05, 4.69) is 11.3 Å². The maximum Gasteiger partial charge on any atom is 0.334 e. The molecule has 0 spiro atoms. The van der Waals surface area contributed by atoms with E-state index in [4.69, 9.17) is 4.55 Å². The van der Waals surface area contributed by atoms with Gasteiger partial charge in [0.1, 0.15) is 6.61 Å². The van der Waals surface area contributed by atoms with Crippen LogP contribution in [0.15, 0.2) is 23.6 Å². The predicted molar refractivity (Wildman–Crippen MR) is 46.5 cm³/mol. The van der Waals surface area contributed by atoms with Crippen molar-refractivity contribution in [3.63, 3.8) is 0 Å². The third-order valence-corrected chi connectivity index (χ3v) is 1.63. The lowest BCUT2D eigenvalue weighted by Crippen LogP contribution is -2.07. The molecule has 1 N–H and O–H groups in total. The molecule has 0 fully saturated rings. The van der Waals surface area contributed by atoms with Gasteiger partial charge in [0.15, 0.2) is 0 Å². The second-order valence-corrected chi connectivity index (χ2v) is 3.47. The molecule has 0 aromatic carbocycles. The van der Waals surface area contributed by atoms with Crippen LogP contribution < -0.4 is 0 Å². The van der Waals surface area contributed by atoms with Crippen molar-refractivity contribution >= 4 is 16.1 Å². The molecule has 0 aromatic heterocycles. The Kier molecular flexibility index (Phi) is 4.36. The van der Waals surface area contributed by atoms with E-state index in [-0.39, 0.29) is 12.2 Å². The Labute approximate surface area is 76.5 Å². The molecule has 0 atom stereocenters. The summed E-state index contributed by atoms with van der Waals surface area (Å²) in [6.45, 7) is 4.52. The molecular formula is C7H10O5S. The van der Waals surface area contributed by atoms with Crippen LogP contribution in [0.1, 0.15) is 6.92 Å². The maximum absolute atomic E-state index is 10.9. The summed E-state index contributed by atoms with van der Waals surface area (Å²) in [6, 6.07) is 0. The second-order valence-electron chi connectivity index (χ2n) is 2.20. The Bertz CT molecular complexity index is 325. The van der Waals surface area contributed by atoms with Crippen molar-refractivity contribution in [3.05, 3.63) is 23.6 Å². The Morgan fingerprint density at radius 3 is 2.54 bits per heavy atom. The molecule has 0 heterocycles. The molecule has 0 saturated heterocycles. The van der Waals surface area contributed by atoms with Crippen LogP contribution in [-0.4, -0.2) is 25.5 Å². The van der Waals surface area contributed by atoms with Gasteiger partial charge in [-0.3, -0.25) is 4.55 Å². The first-order valence-corrected chi connectivity index (χ1v) is 4.81. The first-order valence-electron chi connectivity index (χ1n) is 3.30. The minimum atomic E-state index is -4.28. The molecule has 0 aromatic rings. The average molecular weight is 206 g/mol. The van der Waals surface area contributed by atoms with Gasteiger partial charge in [0.05, 0.1) is 5.41 Å². The molecule has 0 rings (SSSR count). The number of esters is 1. The van der Waals surface area contributed by atoms with Crippen molar-refractivity contribution < 1.29 is 22.5 Å². The van der Waals surface area contributed by atoms with Crippen LogP contribution in [0.2, 0.25) is 0 Å². The van der Waals surface area contributed by atoms with Gasteiger partial charge in [-0.2, -0.15) is 8.42 Å². The maximum atomic E-state index is 10.9. The van der Waals surface area contributed by atoms with Crippen LogP contribution in [0, 0.1) is 0 Å². The normalized spacial score (nSPS) is 12.3. The standard InChI is InChI=1S/C7H10O5S/c1-3-4-12-7(8)6(2)5-13(9,10)11/h3,5H,1,4H2,2H3,(H,9,10,11). The average Bonchev–Trinajstić information content (AvgIpc) is 1.96. The molecule has 0 amide bonds. The van der Waals surface area contributed by atoms with Crippen LogP contribution in [0.5, 0.6) is 0 Å². The zero-order valence-corrected chi connectivity index (χ0v) is 7.87. The van der Waals surface area contributed by atoms with Crippen molar-refractivity contribution in [1.82, 2.24) is 0 Å². The van der Waals surface area contributed by atoms with Gasteiger partial charge in [0.25, 0.3) is 10.1 Å². The summed E-state index contributed by atoms with van der Waals surface area (Å²) in [5.41, 5.74) is -0.190. The van der Waals surface area contributed by atoms with Crippen LogP contribution in [0.3, 0.4) is 0 Å². The molecule has 0 aliphatic carbocycles. The number of carbonyl (C=O) groups is 1. The fraction of sp³-hybridized carbons (Fsp3) is 0.286. The molecule has 0 bridgehead atoms. The quantitative estimate of drug-likeness (QED) is 0.313. The van der Waals surface area contributed by atoms with Crippen molar-refractivity contribution in [3.8, 4) is 0 Å². The Morgan fingerprint density at radius 1 is 1.62 bits per heavy atom. The molecule has 0 aliphatic heterocycles. The molecule has 0 unspecified atom stereocenters. The van der Waals surface area contributed by atoms with E-state index in [0.717, 1.165) is 0 Å². The smallest absolute Gasteiger partial charge is 0.334 e. The minimum absolute atomic E-state index is 0.00447. The molecule has 0 radical (unpaired) electrons. The number of rotatable bonds is 4. The number of ether oxygens (including phenoxy) is 1. The van der Waals surface area contributed by atoms with Crippen molar-refractivity contribution in [2.24, 2.45) is 0 Å². The highest BCUT2D eigenvalue weighted by atomic mass is 32.2. The van der Waals surface area contributed by atoms with E-state index < -0.39 is 16.1 Å². The van der Waals surface area contributed by atoms with Gasteiger partial charge in [0.2, 0.25) is 0 Å². The van der Waals surface area contributed by atoms with E-state index in [1.807, 2.05) is 0 Å².